The highest BCUT2D eigenvalue weighted by atomic mass is 35.5. The Balaban J connectivity index is 2.43. The van der Waals surface area contributed by atoms with E-state index in [2.05, 4.69) is 0 Å². The zero-order valence-electron chi connectivity index (χ0n) is 9.81. The highest BCUT2D eigenvalue weighted by molar-refractivity contribution is 6.31. The van der Waals surface area contributed by atoms with Crippen molar-refractivity contribution in [3.05, 3.63) is 70.5 Å². The Morgan fingerprint density at radius 3 is 2.53 bits per heavy atom. The number of nitriles is 1. The van der Waals surface area contributed by atoms with E-state index in [1.165, 1.54) is 12.1 Å². The molecule has 94 valence electrons. The van der Waals surface area contributed by atoms with Gasteiger partial charge in [0.1, 0.15) is 11.7 Å². The Kier molecular flexibility index (Phi) is 3.94. The maximum atomic E-state index is 13.6. The quantitative estimate of drug-likeness (QED) is 0.794. The van der Waals surface area contributed by atoms with E-state index in [9.17, 15) is 9.18 Å². The molecule has 0 N–H and O–H groups in total. The second kappa shape index (κ2) is 5.64. The molecule has 2 rings (SSSR count). The number of halogens is 2. The number of hydrogen-bond donors (Lipinski definition) is 0. The van der Waals surface area contributed by atoms with Gasteiger partial charge in [0.05, 0.1) is 11.6 Å². The molecule has 0 aliphatic rings. The first-order chi connectivity index (χ1) is 9.13. The highest BCUT2D eigenvalue weighted by Crippen LogP contribution is 2.24. The van der Waals surface area contributed by atoms with E-state index >= 15 is 0 Å². The number of rotatable bonds is 3. The first kappa shape index (κ1) is 13.3. The molecule has 0 fully saturated rings. The SMILES string of the molecule is N#CC(C(=O)c1cc(Cl)ccc1F)c1ccccc1. The Morgan fingerprint density at radius 1 is 1.21 bits per heavy atom. The lowest BCUT2D eigenvalue weighted by Crippen LogP contribution is -2.13. The maximum absolute atomic E-state index is 13.6. The van der Waals surface area contributed by atoms with E-state index in [0.29, 0.717) is 5.56 Å². The number of hydrogen-bond acceptors (Lipinski definition) is 2. The third-order valence-corrected chi connectivity index (χ3v) is 2.95. The molecule has 19 heavy (non-hydrogen) atoms. The molecule has 0 saturated carbocycles. The Bertz CT molecular complexity index is 649. The monoisotopic (exact) mass is 273 g/mol. The normalized spacial score (nSPS) is 11.6. The average molecular weight is 274 g/mol. The molecule has 0 saturated heterocycles. The Labute approximate surface area is 115 Å². The van der Waals surface area contributed by atoms with Crippen molar-refractivity contribution in [1.82, 2.24) is 0 Å². The summed E-state index contributed by atoms with van der Waals surface area (Å²) in [5.41, 5.74) is 0.372. The van der Waals surface area contributed by atoms with Gasteiger partial charge in [-0.2, -0.15) is 5.26 Å². The van der Waals surface area contributed by atoms with Gasteiger partial charge >= 0.3 is 0 Å². The number of nitrogens with zero attached hydrogens (tertiary/aromatic N) is 1. The van der Waals surface area contributed by atoms with Crippen LogP contribution in [0, 0.1) is 17.1 Å². The van der Waals surface area contributed by atoms with E-state index in [4.69, 9.17) is 16.9 Å². The van der Waals surface area contributed by atoms with Crippen LogP contribution in [0.4, 0.5) is 4.39 Å². The lowest BCUT2D eigenvalue weighted by atomic mass is 9.92. The van der Waals surface area contributed by atoms with Gasteiger partial charge in [0, 0.05) is 5.02 Å². The van der Waals surface area contributed by atoms with Crippen LogP contribution in [-0.2, 0) is 0 Å². The van der Waals surface area contributed by atoms with E-state index in [1.54, 1.807) is 30.3 Å². The maximum Gasteiger partial charge on any atom is 0.187 e. The minimum atomic E-state index is -1.03. The van der Waals surface area contributed by atoms with Gasteiger partial charge in [-0.05, 0) is 23.8 Å². The fourth-order valence-corrected chi connectivity index (χ4v) is 1.94. The van der Waals surface area contributed by atoms with Crippen LogP contribution in [0.3, 0.4) is 0 Å². The van der Waals surface area contributed by atoms with Gasteiger partial charge in [-0.1, -0.05) is 41.9 Å². The number of benzene rings is 2. The molecule has 2 aromatic carbocycles. The van der Waals surface area contributed by atoms with Crippen molar-refractivity contribution in [2.45, 2.75) is 5.92 Å². The lowest BCUT2D eigenvalue weighted by Gasteiger charge is -2.09. The molecule has 0 heterocycles. The fraction of sp³-hybridized carbons (Fsp3) is 0.0667. The molecule has 1 atom stereocenters. The molecule has 0 bridgehead atoms. The predicted molar refractivity (Wildman–Crippen MR) is 70.5 cm³/mol. The van der Waals surface area contributed by atoms with Crippen LogP contribution in [0.15, 0.2) is 48.5 Å². The summed E-state index contributed by atoms with van der Waals surface area (Å²) in [4.78, 5) is 12.2. The zero-order chi connectivity index (χ0) is 13.8. The van der Waals surface area contributed by atoms with Gasteiger partial charge in [-0.15, -0.1) is 0 Å². The third-order valence-electron chi connectivity index (χ3n) is 2.72. The van der Waals surface area contributed by atoms with E-state index < -0.39 is 17.5 Å². The first-order valence-electron chi connectivity index (χ1n) is 5.57. The van der Waals surface area contributed by atoms with Gasteiger partial charge in [0.15, 0.2) is 5.78 Å². The van der Waals surface area contributed by atoms with Crippen LogP contribution in [0.1, 0.15) is 21.8 Å². The summed E-state index contributed by atoms with van der Waals surface area (Å²) in [6, 6.07) is 14.2. The number of ketones is 1. The van der Waals surface area contributed by atoms with Crippen molar-refractivity contribution in [2.75, 3.05) is 0 Å². The molecule has 1 unspecified atom stereocenters. The second-order valence-corrected chi connectivity index (χ2v) is 4.40. The predicted octanol–water partition coefficient (Wildman–Crippen LogP) is 3.97. The van der Waals surface area contributed by atoms with Crippen molar-refractivity contribution < 1.29 is 9.18 Å². The molecular weight excluding hydrogens is 265 g/mol. The lowest BCUT2D eigenvalue weighted by molar-refractivity contribution is 0.0975. The molecule has 2 aromatic rings. The molecule has 0 spiro atoms. The number of carbonyl (C=O) groups is 1. The largest absolute Gasteiger partial charge is 0.292 e. The third kappa shape index (κ3) is 2.81. The molecular formula is C15H9ClFNO. The minimum Gasteiger partial charge on any atom is -0.292 e. The summed E-state index contributed by atoms with van der Waals surface area (Å²) in [5.74, 6) is -2.30. The van der Waals surface area contributed by atoms with Gasteiger partial charge in [-0.3, -0.25) is 4.79 Å². The van der Waals surface area contributed by atoms with Crippen LogP contribution < -0.4 is 0 Å². The Morgan fingerprint density at radius 2 is 1.89 bits per heavy atom. The van der Waals surface area contributed by atoms with Gasteiger partial charge in [0.2, 0.25) is 0 Å². The van der Waals surface area contributed by atoms with Crippen LogP contribution >= 0.6 is 11.6 Å². The standard InChI is InChI=1S/C15H9ClFNO/c16-11-6-7-14(17)12(8-11)15(19)13(9-18)10-4-2-1-3-5-10/h1-8,13H. The second-order valence-electron chi connectivity index (χ2n) is 3.96. The molecule has 0 amide bonds. The summed E-state index contributed by atoms with van der Waals surface area (Å²) in [6.45, 7) is 0. The highest BCUT2D eigenvalue weighted by Gasteiger charge is 2.24. The molecule has 2 nitrogen and oxygen atoms in total. The minimum absolute atomic E-state index is 0.164. The smallest absolute Gasteiger partial charge is 0.187 e. The van der Waals surface area contributed by atoms with Crippen LogP contribution in [0.25, 0.3) is 0 Å². The van der Waals surface area contributed by atoms with Gasteiger partial charge < -0.3 is 0 Å². The van der Waals surface area contributed by atoms with Crippen LogP contribution in [0.2, 0.25) is 5.02 Å². The van der Waals surface area contributed by atoms with Crippen molar-refractivity contribution in [3.8, 4) is 6.07 Å². The van der Waals surface area contributed by atoms with Crippen LogP contribution in [0.5, 0.6) is 0 Å². The molecule has 0 aromatic heterocycles. The van der Waals surface area contributed by atoms with Crippen molar-refractivity contribution in [3.63, 3.8) is 0 Å². The molecule has 4 heteroatoms. The molecule has 0 aliphatic carbocycles. The van der Waals surface area contributed by atoms with Crippen LogP contribution in [-0.4, -0.2) is 5.78 Å². The summed E-state index contributed by atoms with van der Waals surface area (Å²) >= 11 is 5.75. The van der Waals surface area contributed by atoms with Crippen molar-refractivity contribution in [1.29, 1.82) is 5.26 Å². The average Bonchev–Trinajstić information content (AvgIpc) is 2.43. The summed E-state index contributed by atoms with van der Waals surface area (Å²) in [6.07, 6.45) is 0. The number of Topliss-reactive ketones (excluding diaryl/α,β-unsaturated/α-hetero) is 1. The summed E-state index contributed by atoms with van der Waals surface area (Å²) < 4.78 is 13.6. The first-order valence-corrected chi connectivity index (χ1v) is 5.95. The summed E-state index contributed by atoms with van der Waals surface area (Å²) in [5, 5.41) is 9.40. The topological polar surface area (TPSA) is 40.9 Å². The zero-order valence-corrected chi connectivity index (χ0v) is 10.6. The van der Waals surface area contributed by atoms with Crippen molar-refractivity contribution >= 4 is 17.4 Å². The van der Waals surface area contributed by atoms with E-state index in [1.807, 2.05) is 6.07 Å². The summed E-state index contributed by atoms with van der Waals surface area (Å²) in [7, 11) is 0. The Hall–Kier alpha value is -2.18. The number of carbonyl (C=O) groups excluding carboxylic acids is 1. The van der Waals surface area contributed by atoms with Gasteiger partial charge in [0.25, 0.3) is 0 Å². The van der Waals surface area contributed by atoms with E-state index in [0.717, 1.165) is 6.07 Å². The van der Waals surface area contributed by atoms with Gasteiger partial charge in [-0.25, -0.2) is 4.39 Å². The molecule has 0 radical (unpaired) electrons. The molecule has 0 aliphatic heterocycles. The van der Waals surface area contributed by atoms with Crippen molar-refractivity contribution in [2.24, 2.45) is 0 Å². The van der Waals surface area contributed by atoms with E-state index in [-0.39, 0.29) is 10.6 Å². The fourth-order valence-electron chi connectivity index (χ4n) is 1.77.